The van der Waals surface area contributed by atoms with E-state index in [0.29, 0.717) is 6.54 Å². The van der Waals surface area contributed by atoms with Crippen molar-refractivity contribution in [2.75, 3.05) is 13.1 Å². The molecule has 2 unspecified atom stereocenters. The van der Waals surface area contributed by atoms with Crippen LogP contribution in [0.15, 0.2) is 91.0 Å². The van der Waals surface area contributed by atoms with E-state index < -0.39 is 5.97 Å². The lowest BCUT2D eigenvalue weighted by atomic mass is 9.92. The highest BCUT2D eigenvalue weighted by molar-refractivity contribution is 5.78. The first-order valence-electron chi connectivity index (χ1n) is 11.2. The Morgan fingerprint density at radius 2 is 1.59 bits per heavy atom. The number of aliphatic carboxylic acids is 1. The van der Waals surface area contributed by atoms with Crippen LogP contribution in [-0.4, -0.2) is 34.0 Å². The van der Waals surface area contributed by atoms with Crippen LogP contribution in [0.1, 0.15) is 30.1 Å². The molecule has 0 radical (unpaired) electrons. The maximum absolute atomic E-state index is 11.7. The third-order valence-electron chi connectivity index (χ3n) is 6.40. The number of benzene rings is 3. The van der Waals surface area contributed by atoms with E-state index in [4.69, 9.17) is 4.98 Å². The molecule has 2 atom stereocenters. The molecule has 0 bridgehead atoms. The molecule has 1 aliphatic rings. The molecule has 1 saturated heterocycles. The normalized spacial score (nSPS) is 17.8. The average Bonchev–Trinajstić information content (AvgIpc) is 2.85. The highest BCUT2D eigenvalue weighted by atomic mass is 16.4. The molecule has 1 fully saturated rings. The molecule has 0 saturated carbocycles. The van der Waals surface area contributed by atoms with Gasteiger partial charge in [-0.05, 0) is 48.2 Å². The number of aromatic nitrogens is 1. The van der Waals surface area contributed by atoms with Crippen molar-refractivity contribution >= 4 is 16.9 Å². The zero-order chi connectivity index (χ0) is 21.9. The van der Waals surface area contributed by atoms with E-state index in [0.717, 1.165) is 41.5 Å². The van der Waals surface area contributed by atoms with Gasteiger partial charge in [0.25, 0.3) is 0 Å². The molecule has 4 aromatic rings. The number of hydrogen-bond donors (Lipinski definition) is 1. The van der Waals surface area contributed by atoms with Crippen molar-refractivity contribution in [3.63, 3.8) is 0 Å². The summed E-state index contributed by atoms with van der Waals surface area (Å²) < 4.78 is 0. The summed E-state index contributed by atoms with van der Waals surface area (Å²) in [6, 6.07) is 31.2. The minimum Gasteiger partial charge on any atom is -0.481 e. The maximum atomic E-state index is 11.7. The van der Waals surface area contributed by atoms with Crippen molar-refractivity contribution in [3.8, 4) is 11.1 Å². The quantitative estimate of drug-likeness (QED) is 0.442. The molecule has 0 amide bonds. The first-order chi connectivity index (χ1) is 15.7. The summed E-state index contributed by atoms with van der Waals surface area (Å²) in [5, 5.41) is 10.7. The summed E-state index contributed by atoms with van der Waals surface area (Å²) in [5.74, 6) is -1.05. The van der Waals surface area contributed by atoms with Gasteiger partial charge in [0.1, 0.15) is 0 Å². The predicted octanol–water partition coefficient (Wildman–Crippen LogP) is 5.79. The minimum atomic E-state index is -0.709. The Bertz CT molecular complexity index is 1220. The van der Waals surface area contributed by atoms with Gasteiger partial charge < -0.3 is 5.11 Å². The van der Waals surface area contributed by atoms with Gasteiger partial charge in [-0.15, -0.1) is 0 Å². The van der Waals surface area contributed by atoms with E-state index in [1.807, 2.05) is 36.4 Å². The Kier molecular flexibility index (Phi) is 5.70. The summed E-state index contributed by atoms with van der Waals surface area (Å²) in [5.41, 5.74) is 5.41. The van der Waals surface area contributed by atoms with Crippen LogP contribution < -0.4 is 0 Å². The zero-order valence-corrected chi connectivity index (χ0v) is 17.9. The van der Waals surface area contributed by atoms with Gasteiger partial charge in [-0.3, -0.25) is 14.7 Å². The lowest BCUT2D eigenvalue weighted by Gasteiger charge is -2.37. The largest absolute Gasteiger partial charge is 0.481 e. The molecular formula is C28H26N2O2. The Morgan fingerprint density at radius 1 is 0.875 bits per heavy atom. The first kappa shape index (κ1) is 20.4. The monoisotopic (exact) mass is 422 g/mol. The summed E-state index contributed by atoms with van der Waals surface area (Å²) >= 11 is 0. The Morgan fingerprint density at radius 3 is 2.38 bits per heavy atom. The number of hydrogen-bond acceptors (Lipinski definition) is 3. The SMILES string of the molecule is O=C(O)C1CCCN(C(c2ccc(-c3ccccc3)cc2)c2ccc3ccccc3n2)C1. The second-order valence-corrected chi connectivity index (χ2v) is 8.49. The lowest BCUT2D eigenvalue weighted by Crippen LogP contribution is -2.41. The molecule has 2 heterocycles. The molecule has 1 aromatic heterocycles. The number of piperidine rings is 1. The molecule has 160 valence electrons. The summed E-state index contributed by atoms with van der Waals surface area (Å²) in [6.45, 7) is 1.40. The fraction of sp³-hybridized carbons (Fsp3) is 0.214. The van der Waals surface area contributed by atoms with E-state index in [9.17, 15) is 9.90 Å². The van der Waals surface area contributed by atoms with Crippen molar-refractivity contribution in [2.24, 2.45) is 5.92 Å². The Hall–Kier alpha value is -3.50. The molecule has 1 aliphatic heterocycles. The molecule has 1 N–H and O–H groups in total. The Balaban J connectivity index is 1.55. The van der Waals surface area contributed by atoms with Gasteiger partial charge in [0, 0.05) is 11.9 Å². The standard InChI is InChI=1S/C28H26N2O2/c31-28(32)24-10-6-18-30(19-24)27(26-17-16-22-9-4-5-11-25(22)29-26)23-14-12-21(13-15-23)20-7-2-1-3-8-20/h1-5,7-9,11-17,24,27H,6,10,18-19H2,(H,31,32). The van der Waals surface area contributed by atoms with Gasteiger partial charge in [0.15, 0.2) is 0 Å². The summed E-state index contributed by atoms with van der Waals surface area (Å²) in [6.07, 6.45) is 1.61. The van der Waals surface area contributed by atoms with E-state index in [-0.39, 0.29) is 12.0 Å². The average molecular weight is 423 g/mol. The smallest absolute Gasteiger partial charge is 0.307 e. The number of carboxylic acids is 1. The first-order valence-corrected chi connectivity index (χ1v) is 11.2. The number of rotatable bonds is 5. The van der Waals surface area contributed by atoms with Crippen molar-refractivity contribution in [3.05, 3.63) is 102 Å². The van der Waals surface area contributed by atoms with E-state index in [1.54, 1.807) is 0 Å². The maximum Gasteiger partial charge on any atom is 0.307 e. The summed E-state index contributed by atoms with van der Waals surface area (Å²) in [7, 11) is 0. The van der Waals surface area contributed by atoms with Crippen LogP contribution in [0.5, 0.6) is 0 Å². The highest BCUT2D eigenvalue weighted by Gasteiger charge is 2.32. The van der Waals surface area contributed by atoms with Crippen LogP contribution in [-0.2, 0) is 4.79 Å². The summed E-state index contributed by atoms with van der Waals surface area (Å²) in [4.78, 5) is 19.0. The number of fused-ring (bicyclic) bond motifs is 1. The molecule has 0 aliphatic carbocycles. The van der Waals surface area contributed by atoms with E-state index in [1.165, 1.54) is 11.1 Å². The third kappa shape index (κ3) is 4.14. The van der Waals surface area contributed by atoms with Crippen molar-refractivity contribution in [2.45, 2.75) is 18.9 Å². The third-order valence-corrected chi connectivity index (χ3v) is 6.40. The van der Waals surface area contributed by atoms with Gasteiger partial charge in [0.2, 0.25) is 0 Å². The number of nitrogens with zero attached hydrogens (tertiary/aromatic N) is 2. The molecule has 32 heavy (non-hydrogen) atoms. The Labute approximate surface area is 188 Å². The predicted molar refractivity (Wildman–Crippen MR) is 127 cm³/mol. The number of likely N-dealkylation sites (tertiary alicyclic amines) is 1. The second kappa shape index (κ2) is 8.93. The number of carbonyl (C=O) groups is 1. The van der Waals surface area contributed by atoms with Gasteiger partial charge >= 0.3 is 5.97 Å². The van der Waals surface area contributed by atoms with Gasteiger partial charge in [-0.1, -0.05) is 78.9 Å². The van der Waals surface area contributed by atoms with Crippen molar-refractivity contribution in [1.82, 2.24) is 9.88 Å². The van der Waals surface area contributed by atoms with Gasteiger partial charge in [0.05, 0.1) is 23.2 Å². The van der Waals surface area contributed by atoms with Crippen molar-refractivity contribution < 1.29 is 9.90 Å². The molecule has 4 heteroatoms. The fourth-order valence-corrected chi connectivity index (χ4v) is 4.73. The number of para-hydroxylation sites is 1. The highest BCUT2D eigenvalue weighted by Crippen LogP contribution is 2.33. The van der Waals surface area contributed by atoms with E-state index >= 15 is 0 Å². The minimum absolute atomic E-state index is 0.0772. The number of pyridine rings is 1. The second-order valence-electron chi connectivity index (χ2n) is 8.49. The molecule has 5 rings (SSSR count). The molecule has 4 nitrogen and oxygen atoms in total. The van der Waals surface area contributed by atoms with Crippen molar-refractivity contribution in [1.29, 1.82) is 0 Å². The van der Waals surface area contributed by atoms with Gasteiger partial charge in [-0.25, -0.2) is 0 Å². The number of carboxylic acid groups (broad SMARTS) is 1. The zero-order valence-electron chi connectivity index (χ0n) is 17.9. The van der Waals surface area contributed by atoms with E-state index in [2.05, 4.69) is 59.5 Å². The molecular weight excluding hydrogens is 396 g/mol. The topological polar surface area (TPSA) is 53.4 Å². The van der Waals surface area contributed by atoms with Crippen LogP contribution in [0, 0.1) is 5.92 Å². The van der Waals surface area contributed by atoms with Gasteiger partial charge in [-0.2, -0.15) is 0 Å². The fourth-order valence-electron chi connectivity index (χ4n) is 4.73. The van der Waals surface area contributed by atoms with Crippen LogP contribution in [0.25, 0.3) is 22.0 Å². The lowest BCUT2D eigenvalue weighted by molar-refractivity contribution is -0.143. The van der Waals surface area contributed by atoms with Crippen LogP contribution in [0.4, 0.5) is 0 Å². The van der Waals surface area contributed by atoms with Crippen LogP contribution in [0.3, 0.4) is 0 Å². The molecule has 3 aromatic carbocycles. The van der Waals surface area contributed by atoms with Crippen LogP contribution in [0.2, 0.25) is 0 Å². The van der Waals surface area contributed by atoms with Crippen LogP contribution >= 0.6 is 0 Å². The molecule has 0 spiro atoms.